The van der Waals surface area contributed by atoms with E-state index in [1.807, 2.05) is 83.8 Å². The van der Waals surface area contributed by atoms with Gasteiger partial charge in [0.25, 0.3) is 0 Å². The Morgan fingerprint density at radius 2 is 1.64 bits per heavy atom. The molecule has 0 saturated carbocycles. The van der Waals surface area contributed by atoms with E-state index in [0.717, 1.165) is 16.8 Å². The molecule has 0 radical (unpaired) electrons. The van der Waals surface area contributed by atoms with E-state index in [-0.39, 0.29) is 0 Å². The first-order valence-electron chi connectivity index (χ1n) is 8.69. The second kappa shape index (κ2) is 7.91. The molecule has 1 aliphatic heterocycles. The van der Waals surface area contributed by atoms with Gasteiger partial charge in [0.1, 0.15) is 11.7 Å². The SMILES string of the molecule is N#C/C=C1\C=C(c2ccc(Cl)cc2)N=C(c2ccccc2)N1c1ccccn1. The Morgan fingerprint density at radius 1 is 0.893 bits per heavy atom. The van der Waals surface area contributed by atoms with Gasteiger partial charge in [-0.25, -0.2) is 9.98 Å². The molecule has 0 bridgehead atoms. The second-order valence-electron chi connectivity index (χ2n) is 6.06. The van der Waals surface area contributed by atoms with Crippen molar-refractivity contribution in [2.24, 2.45) is 4.99 Å². The lowest BCUT2D eigenvalue weighted by Gasteiger charge is -2.29. The maximum absolute atomic E-state index is 9.37. The largest absolute Gasteiger partial charge is 0.278 e. The molecule has 0 spiro atoms. The molecule has 1 aliphatic rings. The highest BCUT2D eigenvalue weighted by Crippen LogP contribution is 2.31. The van der Waals surface area contributed by atoms with Crippen molar-refractivity contribution in [2.75, 3.05) is 4.90 Å². The molecule has 0 aliphatic carbocycles. The molecular weight excluding hydrogens is 368 g/mol. The Balaban J connectivity index is 1.92. The summed E-state index contributed by atoms with van der Waals surface area (Å²) < 4.78 is 0. The van der Waals surface area contributed by atoms with E-state index >= 15 is 0 Å². The number of nitriles is 1. The van der Waals surface area contributed by atoms with Gasteiger partial charge in [0, 0.05) is 28.4 Å². The summed E-state index contributed by atoms with van der Waals surface area (Å²) in [6.45, 7) is 0. The van der Waals surface area contributed by atoms with E-state index in [9.17, 15) is 5.26 Å². The van der Waals surface area contributed by atoms with E-state index in [1.54, 1.807) is 6.20 Å². The van der Waals surface area contributed by atoms with Crippen LogP contribution in [-0.4, -0.2) is 10.8 Å². The number of amidine groups is 1. The third kappa shape index (κ3) is 3.57. The summed E-state index contributed by atoms with van der Waals surface area (Å²) >= 11 is 6.03. The molecule has 3 aromatic rings. The lowest BCUT2D eigenvalue weighted by Crippen LogP contribution is -2.33. The van der Waals surface area contributed by atoms with Gasteiger partial charge in [-0.3, -0.25) is 4.90 Å². The van der Waals surface area contributed by atoms with Gasteiger partial charge in [0.15, 0.2) is 0 Å². The highest BCUT2D eigenvalue weighted by molar-refractivity contribution is 6.30. The van der Waals surface area contributed by atoms with Crippen LogP contribution >= 0.6 is 11.6 Å². The van der Waals surface area contributed by atoms with Crippen molar-refractivity contribution in [3.8, 4) is 6.07 Å². The van der Waals surface area contributed by atoms with Crippen LogP contribution in [-0.2, 0) is 0 Å². The van der Waals surface area contributed by atoms with Gasteiger partial charge in [-0.2, -0.15) is 5.26 Å². The fourth-order valence-corrected chi connectivity index (χ4v) is 3.10. The van der Waals surface area contributed by atoms with Crippen LogP contribution in [0.2, 0.25) is 5.02 Å². The highest BCUT2D eigenvalue weighted by Gasteiger charge is 2.25. The molecule has 2 heterocycles. The number of pyridine rings is 1. The first-order chi connectivity index (χ1) is 13.8. The fraction of sp³-hybridized carbons (Fsp3) is 0. The number of halogens is 1. The lowest BCUT2D eigenvalue weighted by molar-refractivity contribution is 1.14. The van der Waals surface area contributed by atoms with E-state index < -0.39 is 0 Å². The highest BCUT2D eigenvalue weighted by atomic mass is 35.5. The number of benzene rings is 2. The van der Waals surface area contributed by atoms with Gasteiger partial charge in [-0.15, -0.1) is 0 Å². The normalized spacial score (nSPS) is 15.0. The zero-order valence-corrected chi connectivity index (χ0v) is 15.6. The predicted octanol–water partition coefficient (Wildman–Crippen LogP) is 5.45. The van der Waals surface area contributed by atoms with Crippen LogP contribution in [0.25, 0.3) is 5.70 Å². The van der Waals surface area contributed by atoms with E-state index in [1.165, 1.54) is 6.08 Å². The summed E-state index contributed by atoms with van der Waals surface area (Å²) in [5, 5.41) is 10.0. The molecule has 1 aromatic heterocycles. The summed E-state index contributed by atoms with van der Waals surface area (Å²) in [7, 11) is 0. The number of allylic oxidation sites excluding steroid dienone is 2. The fourth-order valence-electron chi connectivity index (χ4n) is 2.97. The molecule has 2 aromatic carbocycles. The average Bonchev–Trinajstić information content (AvgIpc) is 2.75. The topological polar surface area (TPSA) is 52.3 Å². The zero-order chi connectivity index (χ0) is 19.3. The van der Waals surface area contributed by atoms with Gasteiger partial charge in [0.2, 0.25) is 0 Å². The molecule has 0 fully saturated rings. The van der Waals surface area contributed by atoms with Gasteiger partial charge < -0.3 is 0 Å². The number of rotatable bonds is 3. The van der Waals surface area contributed by atoms with E-state index in [2.05, 4.69) is 11.1 Å². The summed E-state index contributed by atoms with van der Waals surface area (Å²) in [6, 6.07) is 25.1. The van der Waals surface area contributed by atoms with Crippen LogP contribution in [0, 0.1) is 11.3 Å². The smallest absolute Gasteiger partial charge is 0.146 e. The number of hydrogen-bond acceptors (Lipinski definition) is 4. The van der Waals surface area contributed by atoms with Crippen molar-refractivity contribution in [1.29, 1.82) is 5.26 Å². The Bertz CT molecular complexity index is 1110. The van der Waals surface area contributed by atoms with E-state index in [0.29, 0.717) is 22.4 Å². The summed E-state index contributed by atoms with van der Waals surface area (Å²) in [5.41, 5.74) is 3.29. The standard InChI is InChI=1S/C23H15ClN4/c24-19-11-9-17(10-12-19)21-16-20(13-14-25)28(22-8-4-5-15-26-22)23(27-21)18-6-2-1-3-7-18/h1-13,15-16H/b20-13+. The van der Waals surface area contributed by atoms with Crippen LogP contribution in [0.5, 0.6) is 0 Å². The minimum atomic E-state index is 0.662. The van der Waals surface area contributed by atoms with Crippen molar-refractivity contribution in [3.05, 3.63) is 113 Å². The van der Waals surface area contributed by atoms with Crippen molar-refractivity contribution in [2.45, 2.75) is 0 Å². The number of hydrogen-bond donors (Lipinski definition) is 0. The van der Waals surface area contributed by atoms with Crippen molar-refractivity contribution in [3.63, 3.8) is 0 Å². The number of nitrogens with zero attached hydrogens (tertiary/aromatic N) is 4. The second-order valence-corrected chi connectivity index (χ2v) is 6.50. The maximum Gasteiger partial charge on any atom is 0.146 e. The molecule has 4 nitrogen and oxygen atoms in total. The molecule has 4 rings (SSSR count). The third-order valence-electron chi connectivity index (χ3n) is 4.24. The molecule has 0 saturated heterocycles. The molecule has 0 N–H and O–H groups in total. The molecule has 134 valence electrons. The molecule has 28 heavy (non-hydrogen) atoms. The number of anilines is 1. The first-order valence-corrected chi connectivity index (χ1v) is 9.07. The van der Waals surface area contributed by atoms with Crippen LogP contribution < -0.4 is 4.90 Å². The maximum atomic E-state index is 9.37. The van der Waals surface area contributed by atoms with Gasteiger partial charge in [-0.1, -0.05) is 60.1 Å². The minimum Gasteiger partial charge on any atom is -0.278 e. The molecule has 0 amide bonds. The van der Waals surface area contributed by atoms with Crippen LogP contribution in [0.15, 0.2) is 102 Å². The third-order valence-corrected chi connectivity index (χ3v) is 4.50. The van der Waals surface area contributed by atoms with Crippen LogP contribution in [0.1, 0.15) is 11.1 Å². The average molecular weight is 383 g/mol. The molecular formula is C23H15ClN4. The summed E-state index contributed by atoms with van der Waals surface area (Å²) in [5.74, 6) is 1.39. The Hall–Kier alpha value is -3.68. The van der Waals surface area contributed by atoms with Crippen molar-refractivity contribution >= 4 is 29.0 Å². The Morgan fingerprint density at radius 3 is 2.32 bits per heavy atom. The number of aromatic nitrogens is 1. The Labute approximate surface area is 168 Å². The lowest BCUT2D eigenvalue weighted by atomic mass is 10.1. The monoisotopic (exact) mass is 382 g/mol. The zero-order valence-electron chi connectivity index (χ0n) is 14.8. The summed E-state index contributed by atoms with van der Waals surface area (Å²) in [4.78, 5) is 11.3. The van der Waals surface area contributed by atoms with Gasteiger partial charge in [0.05, 0.1) is 17.5 Å². The number of aliphatic imine (C=N–C) groups is 1. The first kappa shape index (κ1) is 17.7. The molecule has 0 atom stereocenters. The quantitative estimate of drug-likeness (QED) is 0.566. The molecule has 0 unspecified atom stereocenters. The Kier molecular flexibility index (Phi) is 5.01. The van der Waals surface area contributed by atoms with Crippen LogP contribution in [0.3, 0.4) is 0 Å². The summed E-state index contributed by atoms with van der Waals surface area (Å²) in [6.07, 6.45) is 5.11. The van der Waals surface area contributed by atoms with Crippen LogP contribution in [0.4, 0.5) is 5.82 Å². The van der Waals surface area contributed by atoms with Gasteiger partial charge in [-0.05, 0) is 30.3 Å². The van der Waals surface area contributed by atoms with Gasteiger partial charge >= 0.3 is 0 Å². The van der Waals surface area contributed by atoms with Crippen molar-refractivity contribution < 1.29 is 0 Å². The molecule has 5 heteroatoms. The van der Waals surface area contributed by atoms with E-state index in [4.69, 9.17) is 16.6 Å². The van der Waals surface area contributed by atoms with Crippen molar-refractivity contribution in [1.82, 2.24) is 4.98 Å². The predicted molar refractivity (Wildman–Crippen MR) is 113 cm³/mol. The minimum absolute atomic E-state index is 0.662.